The monoisotopic (exact) mass is 578 g/mol. The van der Waals surface area contributed by atoms with Gasteiger partial charge < -0.3 is 9.47 Å². The van der Waals surface area contributed by atoms with Gasteiger partial charge in [-0.25, -0.2) is 8.42 Å². The average molecular weight is 580 g/mol. The SMILES string of the molecule is C/N=c1\scc(CN2CCN(C(=O)CCS(=O)(=O)c3ccc4cc(Cl)ccc4c3)CC2)n1C.Cl.Cl. The third-order valence-electron chi connectivity index (χ3n) is 6.04. The number of benzene rings is 2. The van der Waals surface area contributed by atoms with Gasteiger partial charge in [-0.05, 0) is 35.0 Å². The van der Waals surface area contributed by atoms with Crippen LogP contribution in [-0.2, 0) is 28.2 Å². The highest BCUT2D eigenvalue weighted by molar-refractivity contribution is 7.91. The number of fused-ring (bicyclic) bond motifs is 1. The van der Waals surface area contributed by atoms with Crippen LogP contribution in [0.1, 0.15) is 12.1 Å². The van der Waals surface area contributed by atoms with Crippen molar-refractivity contribution in [3.63, 3.8) is 0 Å². The summed E-state index contributed by atoms with van der Waals surface area (Å²) in [4.78, 5) is 22.3. The van der Waals surface area contributed by atoms with Crippen molar-refractivity contribution in [2.24, 2.45) is 12.0 Å². The van der Waals surface area contributed by atoms with Crippen LogP contribution in [0.3, 0.4) is 0 Å². The number of piperazine rings is 1. The van der Waals surface area contributed by atoms with Crippen molar-refractivity contribution in [3.05, 3.63) is 57.3 Å². The number of aromatic nitrogens is 1. The summed E-state index contributed by atoms with van der Waals surface area (Å²) in [5.41, 5.74) is 1.20. The Hall–Kier alpha value is -1.62. The Morgan fingerprint density at radius 2 is 1.71 bits per heavy atom. The van der Waals surface area contributed by atoms with Crippen LogP contribution in [0.2, 0.25) is 5.02 Å². The Balaban J connectivity index is 0.00000216. The number of nitrogens with zero attached hydrogens (tertiary/aromatic N) is 4. The van der Waals surface area contributed by atoms with Crippen LogP contribution < -0.4 is 4.80 Å². The predicted molar refractivity (Wildman–Crippen MR) is 147 cm³/mol. The van der Waals surface area contributed by atoms with E-state index in [0.29, 0.717) is 18.1 Å². The first-order chi connectivity index (χ1) is 15.8. The van der Waals surface area contributed by atoms with E-state index in [1.165, 1.54) is 5.69 Å². The lowest BCUT2D eigenvalue weighted by Crippen LogP contribution is -2.48. The lowest BCUT2D eigenvalue weighted by molar-refractivity contribution is -0.132. The Morgan fingerprint density at radius 3 is 2.37 bits per heavy atom. The molecule has 1 saturated heterocycles. The molecule has 0 N–H and O–H groups in total. The topological polar surface area (TPSA) is 75.0 Å². The molecule has 1 aliphatic heterocycles. The van der Waals surface area contributed by atoms with E-state index < -0.39 is 9.84 Å². The summed E-state index contributed by atoms with van der Waals surface area (Å²) in [6.45, 7) is 3.55. The molecule has 35 heavy (non-hydrogen) atoms. The van der Waals surface area contributed by atoms with Crippen molar-refractivity contribution < 1.29 is 13.2 Å². The molecule has 3 aromatic rings. The van der Waals surface area contributed by atoms with Crippen molar-refractivity contribution in [3.8, 4) is 0 Å². The Labute approximate surface area is 227 Å². The molecule has 0 aliphatic carbocycles. The lowest BCUT2D eigenvalue weighted by atomic mass is 10.1. The molecule has 2 heterocycles. The van der Waals surface area contributed by atoms with E-state index in [9.17, 15) is 13.2 Å². The van der Waals surface area contributed by atoms with Gasteiger partial charge in [-0.15, -0.1) is 36.2 Å². The molecule has 7 nitrogen and oxygen atoms in total. The minimum absolute atomic E-state index is 0. The van der Waals surface area contributed by atoms with Gasteiger partial charge in [0.1, 0.15) is 0 Å². The fourth-order valence-electron chi connectivity index (χ4n) is 4.02. The molecule has 0 saturated carbocycles. The molecular weight excluding hydrogens is 551 g/mol. The molecule has 0 radical (unpaired) electrons. The molecule has 4 rings (SSSR count). The number of thiazole rings is 1. The number of hydrogen-bond acceptors (Lipinski definition) is 6. The van der Waals surface area contributed by atoms with Gasteiger partial charge in [0, 0.05) is 69.3 Å². The number of carbonyl (C=O) groups excluding carboxylic acids is 1. The fourth-order valence-corrected chi connectivity index (χ4v) is 6.31. The standard InChI is InChI=1S/C23H27ClN4O3S2.2ClH/c1-25-23-26(2)20(16-32-23)15-27-8-10-28(11-9-27)22(29)7-12-33(30,31)21-6-4-17-13-19(24)5-3-18(17)14-21;;/h3-6,13-14,16H,7-12,15H2,1-2H3;2*1H/b25-23-;;. The summed E-state index contributed by atoms with van der Waals surface area (Å²) in [5.74, 6) is -0.307. The number of rotatable bonds is 6. The van der Waals surface area contributed by atoms with E-state index >= 15 is 0 Å². The minimum atomic E-state index is -3.55. The van der Waals surface area contributed by atoms with Crippen molar-refractivity contribution in [2.45, 2.75) is 17.9 Å². The highest BCUT2D eigenvalue weighted by atomic mass is 35.5. The highest BCUT2D eigenvalue weighted by Gasteiger charge is 2.24. The van der Waals surface area contributed by atoms with Gasteiger partial charge in [-0.1, -0.05) is 23.7 Å². The maximum Gasteiger partial charge on any atom is 0.223 e. The molecule has 2 aromatic carbocycles. The molecule has 192 valence electrons. The van der Waals surface area contributed by atoms with Gasteiger partial charge >= 0.3 is 0 Å². The summed E-state index contributed by atoms with van der Waals surface area (Å²) < 4.78 is 27.8. The van der Waals surface area contributed by atoms with E-state index in [1.807, 2.05) is 7.05 Å². The summed E-state index contributed by atoms with van der Waals surface area (Å²) in [7, 11) is 0.247. The first kappa shape index (κ1) is 29.6. The van der Waals surface area contributed by atoms with E-state index in [4.69, 9.17) is 11.6 Å². The second-order valence-corrected chi connectivity index (χ2v) is 11.6. The van der Waals surface area contributed by atoms with Crippen molar-refractivity contribution in [2.75, 3.05) is 39.0 Å². The van der Waals surface area contributed by atoms with E-state index in [-0.39, 0.29) is 47.8 Å². The summed E-state index contributed by atoms with van der Waals surface area (Å²) in [6.07, 6.45) is -0.0121. The number of halogens is 3. The summed E-state index contributed by atoms with van der Waals surface area (Å²) in [6, 6.07) is 10.3. The Kier molecular flexibility index (Phi) is 10.6. The van der Waals surface area contributed by atoms with Gasteiger partial charge in [-0.3, -0.25) is 14.7 Å². The van der Waals surface area contributed by atoms with Crippen molar-refractivity contribution in [1.29, 1.82) is 0 Å². The second-order valence-electron chi connectivity index (χ2n) is 8.17. The molecule has 1 fully saturated rings. The molecule has 12 heteroatoms. The summed E-state index contributed by atoms with van der Waals surface area (Å²) in [5, 5.41) is 4.41. The normalized spacial score (nSPS) is 15.1. The molecule has 1 aliphatic rings. The van der Waals surface area contributed by atoms with Gasteiger partial charge in [0.05, 0.1) is 10.6 Å². The third-order valence-corrected chi connectivity index (χ3v) is 9.04. The van der Waals surface area contributed by atoms with Crippen LogP contribution in [-0.4, -0.2) is 67.7 Å². The van der Waals surface area contributed by atoms with Crippen LogP contribution in [0.15, 0.2) is 51.7 Å². The number of amides is 1. The second kappa shape index (κ2) is 12.6. The maximum atomic E-state index is 12.8. The average Bonchev–Trinajstić information content (AvgIpc) is 3.16. The van der Waals surface area contributed by atoms with Gasteiger partial charge in [0.25, 0.3) is 0 Å². The van der Waals surface area contributed by atoms with Crippen LogP contribution in [0.5, 0.6) is 0 Å². The Morgan fingerprint density at radius 1 is 1.06 bits per heavy atom. The van der Waals surface area contributed by atoms with Gasteiger partial charge in [-0.2, -0.15) is 0 Å². The number of hydrogen-bond donors (Lipinski definition) is 0. The van der Waals surface area contributed by atoms with Crippen molar-refractivity contribution in [1.82, 2.24) is 14.4 Å². The van der Waals surface area contributed by atoms with E-state index in [0.717, 1.165) is 35.2 Å². The first-order valence-corrected chi connectivity index (χ1v) is 13.7. The zero-order valence-electron chi connectivity index (χ0n) is 19.5. The molecule has 0 bridgehead atoms. The maximum absolute atomic E-state index is 12.8. The first-order valence-electron chi connectivity index (χ1n) is 10.8. The zero-order valence-corrected chi connectivity index (χ0v) is 23.5. The van der Waals surface area contributed by atoms with Crippen LogP contribution in [0.25, 0.3) is 10.8 Å². The largest absolute Gasteiger partial charge is 0.340 e. The molecule has 0 unspecified atom stereocenters. The van der Waals surface area contributed by atoms with Crippen LogP contribution >= 0.6 is 47.8 Å². The Bertz CT molecular complexity index is 1350. The van der Waals surface area contributed by atoms with Gasteiger partial charge in [0.15, 0.2) is 14.6 Å². The third kappa shape index (κ3) is 6.99. The molecule has 0 atom stereocenters. The van der Waals surface area contributed by atoms with Crippen molar-refractivity contribution >= 4 is 74.3 Å². The smallest absolute Gasteiger partial charge is 0.223 e. The highest BCUT2D eigenvalue weighted by Crippen LogP contribution is 2.23. The molecular formula is C23H29Cl3N4O3S2. The van der Waals surface area contributed by atoms with E-state index in [2.05, 4.69) is 19.8 Å². The number of sulfone groups is 1. The fraction of sp³-hybridized carbons (Fsp3) is 0.391. The summed E-state index contributed by atoms with van der Waals surface area (Å²) >= 11 is 7.62. The minimum Gasteiger partial charge on any atom is -0.340 e. The van der Waals surface area contributed by atoms with Gasteiger partial charge in [0.2, 0.25) is 5.91 Å². The predicted octanol–water partition coefficient (Wildman–Crippen LogP) is 3.78. The number of carbonyl (C=O) groups is 1. The quantitative estimate of drug-likeness (QED) is 0.446. The van der Waals surface area contributed by atoms with Crippen LogP contribution in [0.4, 0.5) is 0 Å². The molecule has 1 aromatic heterocycles. The lowest BCUT2D eigenvalue weighted by Gasteiger charge is -2.34. The van der Waals surface area contributed by atoms with E-state index in [1.54, 1.807) is 59.7 Å². The van der Waals surface area contributed by atoms with Crippen LogP contribution in [0, 0.1) is 0 Å². The zero-order chi connectivity index (χ0) is 23.6. The molecule has 1 amide bonds. The molecule has 0 spiro atoms.